The highest BCUT2D eigenvalue weighted by Crippen LogP contribution is 2.34. The number of benzene rings is 1. The van der Waals surface area contributed by atoms with E-state index < -0.39 is 10.0 Å². The number of thiophene rings is 1. The SMILES string of the molecule is CN(C)S(=O)(=O)c1ccc(NC(=O)CN2CCC[C@@H]2c2cccs2)cc1. The van der Waals surface area contributed by atoms with Crippen LogP contribution in [0.2, 0.25) is 0 Å². The highest BCUT2D eigenvalue weighted by atomic mass is 32.2. The van der Waals surface area contributed by atoms with Gasteiger partial charge in [0.2, 0.25) is 15.9 Å². The number of carbonyl (C=O) groups is 1. The van der Waals surface area contributed by atoms with E-state index in [9.17, 15) is 13.2 Å². The average molecular weight is 394 g/mol. The fourth-order valence-corrected chi connectivity index (χ4v) is 4.92. The van der Waals surface area contributed by atoms with Gasteiger partial charge in [-0.25, -0.2) is 12.7 Å². The van der Waals surface area contributed by atoms with Gasteiger partial charge in [0, 0.05) is 30.7 Å². The highest BCUT2D eigenvalue weighted by molar-refractivity contribution is 7.89. The number of hydrogen-bond donors (Lipinski definition) is 1. The Morgan fingerprint density at radius 1 is 1.27 bits per heavy atom. The van der Waals surface area contributed by atoms with Gasteiger partial charge in [-0.15, -0.1) is 11.3 Å². The molecule has 0 saturated carbocycles. The van der Waals surface area contributed by atoms with Gasteiger partial charge in [0.15, 0.2) is 0 Å². The summed E-state index contributed by atoms with van der Waals surface area (Å²) in [6.07, 6.45) is 2.16. The molecule has 0 unspecified atom stereocenters. The molecule has 1 aliphatic rings. The first-order valence-corrected chi connectivity index (χ1v) is 10.8. The van der Waals surface area contributed by atoms with Crippen molar-refractivity contribution in [2.45, 2.75) is 23.8 Å². The van der Waals surface area contributed by atoms with Gasteiger partial charge < -0.3 is 5.32 Å². The van der Waals surface area contributed by atoms with E-state index in [4.69, 9.17) is 0 Å². The van der Waals surface area contributed by atoms with E-state index in [1.54, 1.807) is 23.5 Å². The molecule has 1 aliphatic heterocycles. The van der Waals surface area contributed by atoms with Crippen LogP contribution in [0.4, 0.5) is 5.69 Å². The van der Waals surface area contributed by atoms with E-state index in [2.05, 4.69) is 21.7 Å². The largest absolute Gasteiger partial charge is 0.325 e. The van der Waals surface area contributed by atoms with Crippen LogP contribution in [0.5, 0.6) is 0 Å². The minimum absolute atomic E-state index is 0.0864. The van der Waals surface area contributed by atoms with Crippen LogP contribution in [-0.2, 0) is 14.8 Å². The third kappa shape index (κ3) is 4.15. The van der Waals surface area contributed by atoms with Gasteiger partial charge in [0.1, 0.15) is 0 Å². The number of sulfonamides is 1. The van der Waals surface area contributed by atoms with E-state index >= 15 is 0 Å². The summed E-state index contributed by atoms with van der Waals surface area (Å²) in [5.74, 6) is -0.0864. The summed E-state index contributed by atoms with van der Waals surface area (Å²) in [5.41, 5.74) is 0.597. The minimum Gasteiger partial charge on any atom is -0.325 e. The van der Waals surface area contributed by atoms with Crippen molar-refractivity contribution in [2.24, 2.45) is 0 Å². The molecule has 2 heterocycles. The molecule has 1 amide bonds. The fourth-order valence-electron chi connectivity index (χ4n) is 3.12. The van der Waals surface area contributed by atoms with Gasteiger partial charge >= 0.3 is 0 Å². The number of carbonyl (C=O) groups excluding carboxylic acids is 1. The molecule has 1 aromatic heterocycles. The topological polar surface area (TPSA) is 69.7 Å². The van der Waals surface area contributed by atoms with Gasteiger partial charge in [-0.3, -0.25) is 9.69 Å². The molecule has 1 atom stereocenters. The molecular weight excluding hydrogens is 370 g/mol. The molecule has 140 valence electrons. The van der Waals surface area contributed by atoms with Crippen molar-refractivity contribution in [3.63, 3.8) is 0 Å². The van der Waals surface area contributed by atoms with Crippen LogP contribution >= 0.6 is 11.3 Å². The lowest BCUT2D eigenvalue weighted by Crippen LogP contribution is -2.32. The molecule has 0 radical (unpaired) electrons. The normalized spacial score (nSPS) is 18.3. The lowest BCUT2D eigenvalue weighted by Gasteiger charge is -2.22. The Morgan fingerprint density at radius 3 is 2.62 bits per heavy atom. The van der Waals surface area contributed by atoms with Crippen molar-refractivity contribution in [1.29, 1.82) is 0 Å². The molecule has 8 heteroatoms. The smallest absolute Gasteiger partial charge is 0.242 e. The number of likely N-dealkylation sites (tertiary alicyclic amines) is 1. The Balaban J connectivity index is 1.62. The predicted molar refractivity (Wildman–Crippen MR) is 104 cm³/mol. The summed E-state index contributed by atoms with van der Waals surface area (Å²) < 4.78 is 25.3. The van der Waals surface area contributed by atoms with Crippen molar-refractivity contribution in [1.82, 2.24) is 9.21 Å². The van der Waals surface area contributed by atoms with E-state index in [1.807, 2.05) is 6.07 Å². The maximum atomic E-state index is 12.4. The summed E-state index contributed by atoms with van der Waals surface area (Å²) in [7, 11) is -0.477. The molecule has 26 heavy (non-hydrogen) atoms. The van der Waals surface area contributed by atoms with Gasteiger partial charge in [0.25, 0.3) is 0 Å². The standard InChI is InChI=1S/C18H23N3O3S2/c1-20(2)26(23,24)15-9-7-14(8-10-15)19-18(22)13-21-11-3-5-16(21)17-6-4-12-25-17/h4,6-10,12,16H,3,5,11,13H2,1-2H3,(H,19,22)/t16-/m1/s1. The first-order valence-electron chi connectivity index (χ1n) is 8.48. The van der Waals surface area contributed by atoms with Crippen LogP contribution < -0.4 is 5.32 Å². The number of anilines is 1. The second-order valence-corrected chi connectivity index (χ2v) is 9.64. The molecule has 0 spiro atoms. The summed E-state index contributed by atoms with van der Waals surface area (Å²) in [6, 6.07) is 10.7. The summed E-state index contributed by atoms with van der Waals surface area (Å²) in [5, 5.41) is 4.92. The van der Waals surface area contributed by atoms with Gasteiger partial charge in [-0.2, -0.15) is 0 Å². The maximum Gasteiger partial charge on any atom is 0.242 e. The minimum atomic E-state index is -3.46. The molecule has 0 aliphatic carbocycles. The zero-order valence-electron chi connectivity index (χ0n) is 14.9. The van der Waals surface area contributed by atoms with Crippen LogP contribution in [0.25, 0.3) is 0 Å². The molecule has 6 nitrogen and oxygen atoms in total. The van der Waals surface area contributed by atoms with Crippen LogP contribution in [0.1, 0.15) is 23.8 Å². The molecule has 1 N–H and O–H groups in total. The summed E-state index contributed by atoms with van der Waals surface area (Å²) >= 11 is 1.73. The summed E-state index contributed by atoms with van der Waals surface area (Å²) in [6.45, 7) is 1.25. The molecule has 0 bridgehead atoms. The zero-order valence-corrected chi connectivity index (χ0v) is 16.5. The van der Waals surface area contributed by atoms with Gasteiger partial charge in [-0.1, -0.05) is 6.07 Å². The van der Waals surface area contributed by atoms with Crippen molar-refractivity contribution >= 4 is 33.0 Å². The van der Waals surface area contributed by atoms with E-state index in [0.29, 0.717) is 18.3 Å². The second kappa shape index (κ2) is 7.87. The van der Waals surface area contributed by atoms with E-state index in [-0.39, 0.29) is 10.8 Å². The van der Waals surface area contributed by atoms with Crippen molar-refractivity contribution in [3.8, 4) is 0 Å². The summed E-state index contributed by atoms with van der Waals surface area (Å²) in [4.78, 5) is 16.1. The Kier molecular flexibility index (Phi) is 5.76. The molecule has 1 aromatic carbocycles. The number of nitrogens with one attached hydrogen (secondary N) is 1. The number of hydrogen-bond acceptors (Lipinski definition) is 5. The van der Waals surface area contributed by atoms with Gasteiger partial charge in [-0.05, 0) is 55.1 Å². The van der Waals surface area contributed by atoms with E-state index in [0.717, 1.165) is 19.4 Å². The maximum absolute atomic E-state index is 12.4. The Hall–Kier alpha value is -1.74. The van der Waals surface area contributed by atoms with Crippen LogP contribution in [0.3, 0.4) is 0 Å². The van der Waals surface area contributed by atoms with Crippen LogP contribution in [0.15, 0.2) is 46.7 Å². The van der Waals surface area contributed by atoms with E-state index in [1.165, 1.54) is 35.4 Å². The molecule has 1 saturated heterocycles. The number of rotatable bonds is 6. The molecule has 1 fully saturated rings. The fraction of sp³-hybridized carbons (Fsp3) is 0.389. The first-order chi connectivity index (χ1) is 12.4. The molecule has 3 rings (SSSR count). The third-order valence-electron chi connectivity index (χ3n) is 4.50. The molecule has 2 aromatic rings. The third-order valence-corrected chi connectivity index (χ3v) is 7.30. The van der Waals surface area contributed by atoms with Crippen molar-refractivity contribution in [3.05, 3.63) is 46.7 Å². The molecular formula is C18H23N3O3S2. The Bertz CT molecular complexity index is 846. The zero-order chi connectivity index (χ0) is 18.7. The quantitative estimate of drug-likeness (QED) is 0.819. The number of amides is 1. The van der Waals surface area contributed by atoms with Crippen LogP contribution in [0, 0.1) is 0 Å². The predicted octanol–water partition coefficient (Wildman–Crippen LogP) is 2.77. The number of nitrogens with zero attached hydrogens (tertiary/aromatic N) is 2. The highest BCUT2D eigenvalue weighted by Gasteiger charge is 2.28. The lowest BCUT2D eigenvalue weighted by atomic mass is 10.2. The first kappa shape index (κ1) is 19.0. The lowest BCUT2D eigenvalue weighted by molar-refractivity contribution is -0.117. The van der Waals surface area contributed by atoms with Crippen molar-refractivity contribution < 1.29 is 13.2 Å². The van der Waals surface area contributed by atoms with Crippen LogP contribution in [-0.4, -0.2) is 50.7 Å². The second-order valence-electron chi connectivity index (χ2n) is 6.50. The Morgan fingerprint density at radius 2 is 2.00 bits per heavy atom. The van der Waals surface area contributed by atoms with Crippen molar-refractivity contribution in [2.75, 3.05) is 32.5 Å². The average Bonchev–Trinajstić information content (AvgIpc) is 3.26. The monoisotopic (exact) mass is 393 g/mol. The Labute approximate surface area is 158 Å². The van der Waals surface area contributed by atoms with Gasteiger partial charge in [0.05, 0.1) is 11.4 Å².